The van der Waals surface area contributed by atoms with Crippen LogP contribution in [0.25, 0.3) is 0 Å². The number of benzene rings is 2. The van der Waals surface area contributed by atoms with E-state index in [0.717, 1.165) is 6.07 Å². The van der Waals surface area contributed by atoms with Gasteiger partial charge in [0.15, 0.2) is 0 Å². The Balaban J connectivity index is 1.39. The van der Waals surface area contributed by atoms with Crippen molar-refractivity contribution in [2.24, 2.45) is 5.92 Å². The van der Waals surface area contributed by atoms with E-state index in [1.54, 1.807) is 23.1 Å². The van der Waals surface area contributed by atoms with Gasteiger partial charge in [0.2, 0.25) is 10.0 Å². The van der Waals surface area contributed by atoms with Crippen molar-refractivity contribution in [3.63, 3.8) is 0 Å². The third-order valence-corrected chi connectivity index (χ3v) is 6.84. The molecule has 3 unspecified atom stereocenters. The van der Waals surface area contributed by atoms with E-state index in [-0.39, 0.29) is 28.6 Å². The molecular weight excluding hydrogens is 388 g/mol. The smallest absolute Gasteiger partial charge is 0.321 e. The molecule has 1 heterocycles. The van der Waals surface area contributed by atoms with Gasteiger partial charge in [0.1, 0.15) is 11.6 Å². The van der Waals surface area contributed by atoms with Gasteiger partial charge in [-0.25, -0.2) is 26.7 Å². The molecule has 1 aliphatic carbocycles. The fourth-order valence-corrected chi connectivity index (χ4v) is 5.33. The number of piperidine rings is 1. The monoisotopic (exact) mass is 407 g/mol. The van der Waals surface area contributed by atoms with Gasteiger partial charge >= 0.3 is 6.03 Å². The lowest BCUT2D eigenvalue weighted by molar-refractivity contribution is 0.187. The molecule has 0 aromatic heterocycles. The number of urea groups is 1. The summed E-state index contributed by atoms with van der Waals surface area (Å²) in [4.78, 5) is 14.3. The molecule has 148 valence electrons. The second-order valence-corrected chi connectivity index (χ2v) is 8.85. The predicted octanol–water partition coefficient (Wildman–Crippen LogP) is 2.94. The first-order valence-electron chi connectivity index (χ1n) is 8.93. The molecule has 6 nitrogen and oxygen atoms in total. The van der Waals surface area contributed by atoms with E-state index in [4.69, 9.17) is 0 Å². The third kappa shape index (κ3) is 3.59. The summed E-state index contributed by atoms with van der Waals surface area (Å²) >= 11 is 0. The van der Waals surface area contributed by atoms with Gasteiger partial charge in [-0.1, -0.05) is 18.2 Å². The first kappa shape index (κ1) is 18.8. The van der Waals surface area contributed by atoms with Crippen LogP contribution in [0.5, 0.6) is 0 Å². The Hall–Kier alpha value is -2.52. The minimum atomic E-state index is -3.62. The molecule has 2 aromatic rings. The summed E-state index contributed by atoms with van der Waals surface area (Å²) in [5.41, 5.74) is -0.0875. The summed E-state index contributed by atoms with van der Waals surface area (Å²) in [6.07, 6.45) is 1.18. The molecule has 3 atom stereocenters. The third-order valence-electron chi connectivity index (χ3n) is 5.34. The van der Waals surface area contributed by atoms with Gasteiger partial charge in [0.25, 0.3) is 0 Å². The first-order chi connectivity index (χ1) is 13.3. The molecule has 0 radical (unpaired) electrons. The number of likely N-dealkylation sites (tertiary alicyclic amines) is 1. The van der Waals surface area contributed by atoms with Gasteiger partial charge in [-0.3, -0.25) is 0 Å². The summed E-state index contributed by atoms with van der Waals surface area (Å²) in [6, 6.07) is 10.3. The van der Waals surface area contributed by atoms with E-state index in [9.17, 15) is 22.0 Å². The van der Waals surface area contributed by atoms with E-state index in [0.29, 0.717) is 25.5 Å². The molecule has 28 heavy (non-hydrogen) atoms. The van der Waals surface area contributed by atoms with Crippen LogP contribution >= 0.6 is 0 Å². The van der Waals surface area contributed by atoms with Gasteiger partial charge in [0.05, 0.1) is 10.6 Å². The Morgan fingerprint density at radius 3 is 2.46 bits per heavy atom. The van der Waals surface area contributed by atoms with Crippen LogP contribution in [0.2, 0.25) is 0 Å². The molecule has 2 amide bonds. The number of anilines is 1. The van der Waals surface area contributed by atoms with Crippen LogP contribution in [0.15, 0.2) is 53.4 Å². The van der Waals surface area contributed by atoms with Crippen molar-refractivity contribution in [2.75, 3.05) is 11.9 Å². The van der Waals surface area contributed by atoms with Gasteiger partial charge in [0, 0.05) is 24.7 Å². The van der Waals surface area contributed by atoms with Gasteiger partial charge in [-0.05, 0) is 43.0 Å². The zero-order valence-corrected chi connectivity index (χ0v) is 15.6. The maximum Gasteiger partial charge on any atom is 0.322 e. The minimum Gasteiger partial charge on any atom is -0.321 e. The number of rotatable bonds is 4. The zero-order valence-electron chi connectivity index (χ0n) is 14.8. The number of carbonyl (C=O) groups excluding carboxylic acids is 1. The average Bonchev–Trinajstić information content (AvgIpc) is 3.24. The van der Waals surface area contributed by atoms with E-state index in [2.05, 4.69) is 10.0 Å². The Bertz CT molecular complexity index is 1000. The molecule has 2 fully saturated rings. The largest absolute Gasteiger partial charge is 0.322 e. The van der Waals surface area contributed by atoms with E-state index in [1.807, 2.05) is 0 Å². The number of hydrogen-bond acceptors (Lipinski definition) is 3. The molecule has 9 heteroatoms. The molecular formula is C19H19F2N3O3S. The number of carbonyl (C=O) groups is 1. The number of amides is 2. The van der Waals surface area contributed by atoms with Gasteiger partial charge in [-0.15, -0.1) is 0 Å². The van der Waals surface area contributed by atoms with Crippen molar-refractivity contribution in [3.8, 4) is 0 Å². The molecule has 1 aliphatic heterocycles. The van der Waals surface area contributed by atoms with Crippen molar-refractivity contribution in [1.82, 2.24) is 9.62 Å². The maximum atomic E-state index is 13.7. The van der Waals surface area contributed by atoms with Crippen molar-refractivity contribution in [3.05, 3.63) is 60.2 Å². The average molecular weight is 407 g/mol. The highest BCUT2D eigenvalue weighted by Gasteiger charge is 2.47. The molecule has 2 aromatic carbocycles. The summed E-state index contributed by atoms with van der Waals surface area (Å²) < 4.78 is 54.5. The van der Waals surface area contributed by atoms with Crippen molar-refractivity contribution in [2.45, 2.75) is 29.8 Å². The van der Waals surface area contributed by atoms with Crippen molar-refractivity contribution in [1.29, 1.82) is 0 Å². The van der Waals surface area contributed by atoms with Crippen molar-refractivity contribution < 1.29 is 22.0 Å². The lowest BCUT2D eigenvalue weighted by Gasteiger charge is -2.31. The summed E-state index contributed by atoms with van der Waals surface area (Å²) in [6.45, 7) is 0.376. The number of nitrogens with one attached hydrogen (secondary N) is 2. The van der Waals surface area contributed by atoms with E-state index in [1.165, 1.54) is 18.2 Å². The maximum absolute atomic E-state index is 13.7. The molecule has 4 rings (SSSR count). The van der Waals surface area contributed by atoms with E-state index >= 15 is 0 Å². The SMILES string of the molecule is O=C(Nc1ccc(F)cc1F)N1CC2CC1CC2NS(=O)(=O)c1ccccc1. The minimum absolute atomic E-state index is 0.00713. The summed E-state index contributed by atoms with van der Waals surface area (Å²) in [5.74, 6) is -1.57. The van der Waals surface area contributed by atoms with E-state index < -0.39 is 27.7 Å². The van der Waals surface area contributed by atoms with Crippen LogP contribution in [0.4, 0.5) is 19.3 Å². The predicted molar refractivity (Wildman–Crippen MR) is 99.1 cm³/mol. The van der Waals surface area contributed by atoms with Crippen LogP contribution in [0.3, 0.4) is 0 Å². The highest BCUT2D eigenvalue weighted by atomic mass is 32.2. The Morgan fingerprint density at radius 1 is 1.07 bits per heavy atom. The normalized spacial score (nSPS) is 23.8. The second-order valence-electron chi connectivity index (χ2n) is 7.13. The Kier molecular flexibility index (Phi) is 4.80. The van der Waals surface area contributed by atoms with Gasteiger partial charge in [-0.2, -0.15) is 0 Å². The first-order valence-corrected chi connectivity index (χ1v) is 10.4. The number of halogens is 2. The quantitative estimate of drug-likeness (QED) is 0.818. The number of sulfonamides is 1. The Labute approximate surface area is 161 Å². The second kappa shape index (κ2) is 7.14. The molecule has 2 bridgehead atoms. The fraction of sp³-hybridized carbons (Fsp3) is 0.316. The lowest BCUT2D eigenvalue weighted by Crippen LogP contribution is -2.48. The highest BCUT2D eigenvalue weighted by molar-refractivity contribution is 7.89. The van der Waals surface area contributed by atoms with Crippen LogP contribution in [0.1, 0.15) is 12.8 Å². The Morgan fingerprint density at radius 2 is 1.82 bits per heavy atom. The van der Waals surface area contributed by atoms with Crippen LogP contribution < -0.4 is 10.0 Å². The van der Waals surface area contributed by atoms with Crippen LogP contribution in [-0.4, -0.2) is 38.0 Å². The highest BCUT2D eigenvalue weighted by Crippen LogP contribution is 2.38. The topological polar surface area (TPSA) is 78.5 Å². The number of fused-ring (bicyclic) bond motifs is 2. The zero-order chi connectivity index (χ0) is 19.9. The number of hydrogen-bond donors (Lipinski definition) is 2. The molecule has 1 saturated carbocycles. The van der Waals surface area contributed by atoms with Crippen LogP contribution in [-0.2, 0) is 10.0 Å². The molecule has 1 saturated heterocycles. The summed E-state index contributed by atoms with van der Waals surface area (Å²) in [7, 11) is -3.62. The summed E-state index contributed by atoms with van der Waals surface area (Å²) in [5, 5.41) is 2.46. The van der Waals surface area contributed by atoms with Crippen molar-refractivity contribution >= 4 is 21.7 Å². The molecule has 2 N–H and O–H groups in total. The lowest BCUT2D eigenvalue weighted by atomic mass is 10.0. The standard InChI is InChI=1S/C19H19F2N3O3S/c20-13-6-7-17(16(21)9-13)22-19(25)24-11-12-8-14(24)10-18(12)23-28(26,27)15-4-2-1-3-5-15/h1-7,9,12,14,18,23H,8,10-11H2,(H,22,25). The molecule has 2 aliphatic rings. The van der Waals surface area contributed by atoms with Gasteiger partial charge < -0.3 is 10.2 Å². The van der Waals surface area contributed by atoms with Crippen LogP contribution in [0, 0.1) is 17.6 Å². The fourth-order valence-electron chi connectivity index (χ4n) is 3.99. The number of nitrogens with zero attached hydrogens (tertiary/aromatic N) is 1. The molecule has 0 spiro atoms.